The van der Waals surface area contributed by atoms with E-state index in [1.54, 1.807) is 11.3 Å². The highest BCUT2D eigenvalue weighted by Crippen LogP contribution is 2.13. The number of rotatable bonds is 4. The molecule has 0 aliphatic rings. The molecule has 110 valence electrons. The van der Waals surface area contributed by atoms with Crippen LogP contribution >= 0.6 is 11.3 Å². The molecule has 3 aromatic rings. The van der Waals surface area contributed by atoms with E-state index in [1.807, 2.05) is 53.2 Å². The molecule has 0 spiro atoms. The maximum Gasteiger partial charge on any atom is 0.339 e. The number of unbranched alkanes of at least 4 members (excludes halogenated alkanes) is 2. The largest absolute Gasteiger partial charge is 0.423 e. The van der Waals surface area contributed by atoms with E-state index in [2.05, 4.69) is 6.92 Å². The van der Waals surface area contributed by atoms with Gasteiger partial charge in [0, 0.05) is 10.9 Å². The molecule has 0 atom stereocenters. The maximum absolute atomic E-state index is 11.7. The van der Waals surface area contributed by atoms with E-state index >= 15 is 0 Å². The first-order valence-electron chi connectivity index (χ1n) is 7.30. The fourth-order valence-electron chi connectivity index (χ4n) is 2.07. The third kappa shape index (κ3) is 4.87. The number of benzene rings is 1. The molecule has 3 rings (SSSR count). The summed E-state index contributed by atoms with van der Waals surface area (Å²) in [6.45, 7) is 2.16. The second-order valence-electron chi connectivity index (χ2n) is 4.85. The molecule has 0 aliphatic heterocycles. The highest BCUT2D eigenvalue weighted by Gasteiger charge is 2.04. The number of hydrogen-bond acceptors (Lipinski definition) is 3. The van der Waals surface area contributed by atoms with Gasteiger partial charge in [-0.2, -0.15) is 11.3 Å². The van der Waals surface area contributed by atoms with Crippen molar-refractivity contribution in [3.05, 3.63) is 69.2 Å². The first-order chi connectivity index (χ1) is 10.3. The molecule has 2 aromatic heterocycles. The molecule has 0 saturated carbocycles. The monoisotopic (exact) mass is 300 g/mol. The van der Waals surface area contributed by atoms with Crippen LogP contribution < -0.4 is 5.63 Å². The van der Waals surface area contributed by atoms with E-state index in [1.165, 1.54) is 6.42 Å². The van der Waals surface area contributed by atoms with Gasteiger partial charge in [-0.3, -0.25) is 0 Å². The Morgan fingerprint density at radius 2 is 1.81 bits per heavy atom. The summed E-state index contributed by atoms with van der Waals surface area (Å²) in [6, 6.07) is 13.6. The summed E-state index contributed by atoms with van der Waals surface area (Å²) in [5, 5.41) is 5.09. The van der Waals surface area contributed by atoms with Crippen LogP contribution in [-0.2, 0) is 6.42 Å². The van der Waals surface area contributed by atoms with Gasteiger partial charge in [0.05, 0.1) is 0 Å². The molecular weight excluding hydrogens is 280 g/mol. The Morgan fingerprint density at radius 3 is 2.48 bits per heavy atom. The van der Waals surface area contributed by atoms with Crippen LogP contribution in [0.2, 0.25) is 0 Å². The lowest BCUT2D eigenvalue weighted by Gasteiger charge is -2.01. The zero-order valence-corrected chi connectivity index (χ0v) is 13.1. The Bertz CT molecular complexity index is 681. The van der Waals surface area contributed by atoms with Gasteiger partial charge in [0.2, 0.25) is 0 Å². The summed E-state index contributed by atoms with van der Waals surface area (Å²) >= 11 is 1.71. The van der Waals surface area contributed by atoms with Gasteiger partial charge in [0.1, 0.15) is 5.58 Å². The van der Waals surface area contributed by atoms with Crippen molar-refractivity contribution in [3.8, 4) is 0 Å². The number of para-hydroxylation sites is 1. The zero-order valence-electron chi connectivity index (χ0n) is 12.2. The smallest absolute Gasteiger partial charge is 0.339 e. The van der Waals surface area contributed by atoms with Gasteiger partial charge in [-0.25, -0.2) is 4.79 Å². The van der Waals surface area contributed by atoms with Crippen molar-refractivity contribution in [1.29, 1.82) is 0 Å². The average molecular weight is 300 g/mol. The Balaban J connectivity index is 0.000000272. The molecule has 2 nitrogen and oxygen atoms in total. The number of thiophene rings is 1. The Morgan fingerprint density at radius 1 is 1.05 bits per heavy atom. The van der Waals surface area contributed by atoms with Crippen molar-refractivity contribution in [3.63, 3.8) is 0 Å². The third-order valence-electron chi connectivity index (χ3n) is 3.19. The summed E-state index contributed by atoms with van der Waals surface area (Å²) in [7, 11) is 0. The van der Waals surface area contributed by atoms with Crippen molar-refractivity contribution in [2.45, 2.75) is 32.6 Å². The Labute approximate surface area is 129 Å². The SMILES string of the molecule is CCCCCc1cc2ccccc2oc1=O.c1ccsc1. The first kappa shape index (κ1) is 15.5. The molecule has 1 aromatic carbocycles. The maximum atomic E-state index is 11.7. The quantitative estimate of drug-likeness (QED) is 0.485. The lowest BCUT2D eigenvalue weighted by atomic mass is 10.1. The average Bonchev–Trinajstić information content (AvgIpc) is 3.07. The Kier molecular flexibility index (Phi) is 6.22. The molecule has 0 amide bonds. The summed E-state index contributed by atoms with van der Waals surface area (Å²) in [5.41, 5.74) is 1.29. The summed E-state index contributed by atoms with van der Waals surface area (Å²) in [5.74, 6) is 0. The fourth-order valence-corrected chi connectivity index (χ4v) is 2.52. The van der Waals surface area contributed by atoms with Crippen LogP contribution in [0, 0.1) is 0 Å². The van der Waals surface area contributed by atoms with Crippen LogP contribution in [0.1, 0.15) is 31.7 Å². The first-order valence-corrected chi connectivity index (χ1v) is 8.24. The van der Waals surface area contributed by atoms with Crippen molar-refractivity contribution in [2.24, 2.45) is 0 Å². The van der Waals surface area contributed by atoms with Gasteiger partial charge in [-0.1, -0.05) is 50.1 Å². The molecule has 0 unspecified atom stereocenters. The molecule has 0 bridgehead atoms. The summed E-state index contributed by atoms with van der Waals surface area (Å²) in [4.78, 5) is 11.7. The third-order valence-corrected chi connectivity index (χ3v) is 3.82. The molecule has 0 radical (unpaired) electrons. The molecule has 0 aliphatic carbocycles. The summed E-state index contributed by atoms with van der Waals surface area (Å²) in [6.07, 6.45) is 4.20. The highest BCUT2D eigenvalue weighted by atomic mass is 32.1. The molecular formula is C18H20O2S. The predicted octanol–water partition coefficient (Wildman–Crippen LogP) is 5.27. The van der Waals surface area contributed by atoms with E-state index in [-0.39, 0.29) is 5.63 Å². The van der Waals surface area contributed by atoms with Gasteiger partial charge in [-0.15, -0.1) is 0 Å². The van der Waals surface area contributed by atoms with E-state index in [0.717, 1.165) is 30.2 Å². The van der Waals surface area contributed by atoms with Gasteiger partial charge >= 0.3 is 5.63 Å². The zero-order chi connectivity index (χ0) is 14.9. The van der Waals surface area contributed by atoms with Crippen LogP contribution in [0.15, 0.2) is 62.4 Å². The van der Waals surface area contributed by atoms with Crippen molar-refractivity contribution in [2.75, 3.05) is 0 Å². The van der Waals surface area contributed by atoms with Crippen LogP contribution in [0.4, 0.5) is 0 Å². The summed E-state index contributed by atoms with van der Waals surface area (Å²) < 4.78 is 5.27. The lowest BCUT2D eigenvalue weighted by Crippen LogP contribution is -2.06. The minimum Gasteiger partial charge on any atom is -0.423 e. The van der Waals surface area contributed by atoms with Crippen LogP contribution in [0.25, 0.3) is 11.0 Å². The van der Waals surface area contributed by atoms with Crippen molar-refractivity contribution < 1.29 is 4.42 Å². The number of hydrogen-bond donors (Lipinski definition) is 0. The highest BCUT2D eigenvalue weighted by molar-refractivity contribution is 7.07. The minimum atomic E-state index is -0.185. The molecule has 21 heavy (non-hydrogen) atoms. The Hall–Kier alpha value is -1.87. The van der Waals surface area contributed by atoms with Gasteiger partial charge in [0.15, 0.2) is 0 Å². The van der Waals surface area contributed by atoms with E-state index < -0.39 is 0 Å². The normalized spacial score (nSPS) is 10.1. The van der Waals surface area contributed by atoms with E-state index in [4.69, 9.17) is 4.42 Å². The van der Waals surface area contributed by atoms with E-state index in [0.29, 0.717) is 5.58 Å². The molecule has 0 N–H and O–H groups in total. The second kappa shape index (κ2) is 8.42. The second-order valence-corrected chi connectivity index (χ2v) is 5.66. The van der Waals surface area contributed by atoms with Gasteiger partial charge in [0.25, 0.3) is 0 Å². The van der Waals surface area contributed by atoms with Gasteiger partial charge in [-0.05, 0) is 35.7 Å². The lowest BCUT2D eigenvalue weighted by molar-refractivity contribution is 0.546. The topological polar surface area (TPSA) is 30.2 Å². The minimum absolute atomic E-state index is 0.185. The fraction of sp³-hybridized carbons (Fsp3) is 0.278. The number of fused-ring (bicyclic) bond motifs is 1. The van der Waals surface area contributed by atoms with Crippen molar-refractivity contribution in [1.82, 2.24) is 0 Å². The number of aryl methyl sites for hydroxylation is 1. The van der Waals surface area contributed by atoms with E-state index in [9.17, 15) is 4.79 Å². The van der Waals surface area contributed by atoms with Gasteiger partial charge < -0.3 is 4.42 Å². The predicted molar refractivity (Wildman–Crippen MR) is 90.0 cm³/mol. The van der Waals surface area contributed by atoms with Crippen LogP contribution in [-0.4, -0.2) is 0 Å². The van der Waals surface area contributed by atoms with Crippen LogP contribution in [0.5, 0.6) is 0 Å². The standard InChI is InChI=1S/C14H16O2.C4H4S/c1-2-3-4-8-12-10-11-7-5-6-9-13(11)16-14(12)15;1-2-4-5-3-1/h5-7,9-10H,2-4,8H2,1H3;1-4H. The molecule has 0 saturated heterocycles. The molecule has 3 heteroatoms. The molecule has 0 fully saturated rings. The van der Waals surface area contributed by atoms with Crippen molar-refractivity contribution >= 4 is 22.3 Å². The molecule has 2 heterocycles. The van der Waals surface area contributed by atoms with Crippen LogP contribution in [0.3, 0.4) is 0 Å².